The number of phenols is 2. The zero-order valence-electron chi connectivity index (χ0n) is 8.11. The Bertz CT molecular complexity index is 515. The summed E-state index contributed by atoms with van der Waals surface area (Å²) in [6, 6.07) is 1.01. The second-order valence-corrected chi connectivity index (χ2v) is 3.53. The first-order valence-corrected chi connectivity index (χ1v) is 4.67. The number of amides is 2. The highest BCUT2D eigenvalue weighted by Gasteiger charge is 2.39. The third-order valence-corrected chi connectivity index (χ3v) is 2.66. The average Bonchev–Trinajstić information content (AvgIpc) is 2.48. The maximum atomic E-state index is 11.7. The number of nitrogens with one attached hydrogen (secondary N) is 1. The molecule has 0 aliphatic carbocycles. The van der Waals surface area contributed by atoms with Gasteiger partial charge in [-0.25, -0.2) is 10.4 Å². The maximum Gasteiger partial charge on any atom is 0.277 e. The second kappa shape index (κ2) is 3.36. The number of carbonyl (C=O) groups excluding carboxylic acids is 2. The molecule has 0 fully saturated rings. The lowest BCUT2D eigenvalue weighted by atomic mass is 10.1. The lowest BCUT2D eigenvalue weighted by molar-refractivity contribution is 0.0586. The predicted octanol–water partition coefficient (Wildman–Crippen LogP) is 0.482. The lowest BCUT2D eigenvalue weighted by Gasteiger charge is -2.09. The van der Waals surface area contributed by atoms with Crippen LogP contribution in [0.3, 0.4) is 0 Å². The number of hydrogen-bond donors (Lipinski definition) is 3. The minimum Gasteiger partial charge on any atom is -0.504 e. The van der Waals surface area contributed by atoms with Gasteiger partial charge in [0.25, 0.3) is 11.8 Å². The van der Waals surface area contributed by atoms with Crippen LogP contribution in [0, 0.1) is 0 Å². The Morgan fingerprint density at radius 1 is 1.31 bits per heavy atom. The minimum absolute atomic E-state index is 0.0420. The van der Waals surface area contributed by atoms with E-state index in [2.05, 4.69) is 5.43 Å². The summed E-state index contributed by atoms with van der Waals surface area (Å²) >= 11 is 5.69. The van der Waals surface area contributed by atoms with Crippen molar-refractivity contribution in [2.75, 3.05) is 7.05 Å². The summed E-state index contributed by atoms with van der Waals surface area (Å²) in [7, 11) is 1.40. The van der Waals surface area contributed by atoms with Gasteiger partial charge in [-0.05, 0) is 6.07 Å². The fourth-order valence-corrected chi connectivity index (χ4v) is 1.81. The van der Waals surface area contributed by atoms with Crippen LogP contribution in [0.5, 0.6) is 11.5 Å². The van der Waals surface area contributed by atoms with E-state index in [9.17, 15) is 19.8 Å². The Labute approximate surface area is 95.0 Å². The first kappa shape index (κ1) is 10.7. The first-order chi connectivity index (χ1) is 7.49. The number of nitrogens with zero attached hydrogens (tertiary/aromatic N) is 1. The van der Waals surface area contributed by atoms with Crippen molar-refractivity contribution in [1.29, 1.82) is 0 Å². The molecule has 0 bridgehead atoms. The van der Waals surface area contributed by atoms with Gasteiger partial charge in [0.1, 0.15) is 0 Å². The van der Waals surface area contributed by atoms with E-state index in [1.807, 2.05) is 0 Å². The molecule has 2 amide bonds. The van der Waals surface area contributed by atoms with Gasteiger partial charge < -0.3 is 10.2 Å². The number of hydrazine groups is 1. The van der Waals surface area contributed by atoms with Gasteiger partial charge in [-0.1, -0.05) is 11.6 Å². The number of benzene rings is 1. The highest BCUT2D eigenvalue weighted by molar-refractivity contribution is 6.38. The summed E-state index contributed by atoms with van der Waals surface area (Å²) in [6.07, 6.45) is 0. The molecule has 3 N–H and O–H groups in total. The molecule has 0 saturated heterocycles. The molecule has 0 aromatic heterocycles. The average molecular weight is 243 g/mol. The van der Waals surface area contributed by atoms with Crippen LogP contribution in [0.4, 0.5) is 0 Å². The van der Waals surface area contributed by atoms with E-state index >= 15 is 0 Å². The third-order valence-electron chi connectivity index (χ3n) is 2.29. The molecular weight excluding hydrogens is 236 g/mol. The van der Waals surface area contributed by atoms with E-state index in [1.165, 1.54) is 7.05 Å². The SMILES string of the molecule is CNN1C(=O)c2cc(O)c(O)c(Cl)c2C1=O. The van der Waals surface area contributed by atoms with E-state index < -0.39 is 23.3 Å². The van der Waals surface area contributed by atoms with Crippen molar-refractivity contribution in [1.82, 2.24) is 10.4 Å². The molecule has 0 unspecified atom stereocenters. The number of rotatable bonds is 1. The molecule has 7 heteroatoms. The normalized spacial score (nSPS) is 14.5. The molecule has 1 aliphatic rings. The first-order valence-electron chi connectivity index (χ1n) is 4.29. The molecule has 16 heavy (non-hydrogen) atoms. The summed E-state index contributed by atoms with van der Waals surface area (Å²) in [5, 5.41) is 19.1. The van der Waals surface area contributed by atoms with Gasteiger partial charge in [0, 0.05) is 7.05 Å². The number of hydrogen-bond acceptors (Lipinski definition) is 5. The Hall–Kier alpha value is -1.79. The van der Waals surface area contributed by atoms with Crippen LogP contribution in [-0.2, 0) is 0 Å². The van der Waals surface area contributed by atoms with Crippen LogP contribution in [0.25, 0.3) is 0 Å². The molecular formula is C9H7ClN2O4. The van der Waals surface area contributed by atoms with E-state index in [4.69, 9.17) is 11.6 Å². The largest absolute Gasteiger partial charge is 0.504 e. The number of imide groups is 1. The highest BCUT2D eigenvalue weighted by Crippen LogP contribution is 2.40. The van der Waals surface area contributed by atoms with Crippen molar-refractivity contribution in [3.63, 3.8) is 0 Å². The summed E-state index contributed by atoms with van der Waals surface area (Å²) in [4.78, 5) is 23.3. The van der Waals surface area contributed by atoms with Crippen LogP contribution < -0.4 is 5.43 Å². The second-order valence-electron chi connectivity index (χ2n) is 3.15. The quantitative estimate of drug-likeness (QED) is 0.492. The van der Waals surface area contributed by atoms with Crippen molar-refractivity contribution in [3.8, 4) is 11.5 Å². The molecule has 1 aromatic rings. The molecule has 1 aliphatic heterocycles. The summed E-state index contributed by atoms with van der Waals surface area (Å²) in [5.41, 5.74) is 2.23. The molecule has 0 spiro atoms. The molecule has 1 aromatic carbocycles. The van der Waals surface area contributed by atoms with E-state index in [0.717, 1.165) is 11.1 Å². The van der Waals surface area contributed by atoms with E-state index in [-0.39, 0.29) is 16.1 Å². The standard InChI is InChI=1S/C9H7ClN2O4/c1-11-12-8(15)3-2-4(13)7(14)6(10)5(3)9(12)16/h2,11,13-14H,1H3. The van der Waals surface area contributed by atoms with E-state index in [0.29, 0.717) is 0 Å². The highest BCUT2D eigenvalue weighted by atomic mass is 35.5. The van der Waals surface area contributed by atoms with Crippen LogP contribution in [0.15, 0.2) is 6.07 Å². The molecule has 0 saturated carbocycles. The Balaban J connectivity index is 2.73. The van der Waals surface area contributed by atoms with Crippen molar-refractivity contribution in [2.24, 2.45) is 0 Å². The fraction of sp³-hybridized carbons (Fsp3) is 0.111. The van der Waals surface area contributed by atoms with Gasteiger partial charge in [0.05, 0.1) is 16.1 Å². The third kappa shape index (κ3) is 1.17. The Kier molecular flexibility index (Phi) is 2.25. The van der Waals surface area contributed by atoms with Crippen molar-refractivity contribution >= 4 is 23.4 Å². The maximum absolute atomic E-state index is 11.7. The Morgan fingerprint density at radius 2 is 1.94 bits per heavy atom. The summed E-state index contributed by atoms with van der Waals surface area (Å²) < 4.78 is 0. The van der Waals surface area contributed by atoms with Gasteiger partial charge in [0.2, 0.25) is 0 Å². The zero-order chi connectivity index (χ0) is 12.0. The van der Waals surface area contributed by atoms with Gasteiger partial charge in [-0.3, -0.25) is 9.59 Å². The molecule has 1 heterocycles. The molecule has 6 nitrogen and oxygen atoms in total. The molecule has 2 rings (SSSR count). The topological polar surface area (TPSA) is 89.9 Å². The van der Waals surface area contributed by atoms with Gasteiger partial charge >= 0.3 is 0 Å². The van der Waals surface area contributed by atoms with Crippen molar-refractivity contribution in [3.05, 3.63) is 22.2 Å². The summed E-state index contributed by atoms with van der Waals surface area (Å²) in [6.45, 7) is 0. The number of aromatic hydroxyl groups is 2. The van der Waals surface area contributed by atoms with Crippen LogP contribution in [0.2, 0.25) is 5.02 Å². The minimum atomic E-state index is -0.664. The van der Waals surface area contributed by atoms with E-state index in [1.54, 1.807) is 0 Å². The lowest BCUT2D eigenvalue weighted by Crippen LogP contribution is -2.39. The number of carbonyl (C=O) groups is 2. The zero-order valence-corrected chi connectivity index (χ0v) is 8.87. The molecule has 84 valence electrons. The number of halogens is 1. The number of fused-ring (bicyclic) bond motifs is 1. The summed E-state index contributed by atoms with van der Waals surface area (Å²) in [5.74, 6) is -2.44. The number of phenolic OH excluding ortho intramolecular Hbond substituents is 2. The predicted molar refractivity (Wildman–Crippen MR) is 54.3 cm³/mol. The fourth-order valence-electron chi connectivity index (χ4n) is 1.53. The van der Waals surface area contributed by atoms with Crippen LogP contribution in [0.1, 0.15) is 20.7 Å². The smallest absolute Gasteiger partial charge is 0.277 e. The molecule has 0 atom stereocenters. The van der Waals surface area contributed by atoms with Gasteiger partial charge in [-0.15, -0.1) is 0 Å². The van der Waals surface area contributed by atoms with Crippen LogP contribution >= 0.6 is 11.6 Å². The van der Waals surface area contributed by atoms with Crippen molar-refractivity contribution < 1.29 is 19.8 Å². The van der Waals surface area contributed by atoms with Gasteiger partial charge in [0.15, 0.2) is 11.5 Å². The Morgan fingerprint density at radius 3 is 2.50 bits per heavy atom. The monoisotopic (exact) mass is 242 g/mol. The van der Waals surface area contributed by atoms with Crippen molar-refractivity contribution in [2.45, 2.75) is 0 Å². The van der Waals surface area contributed by atoms with Crippen LogP contribution in [-0.4, -0.2) is 34.1 Å². The molecule has 0 radical (unpaired) electrons. The van der Waals surface area contributed by atoms with Gasteiger partial charge in [-0.2, -0.15) is 0 Å².